The molecule has 5 nitrogen and oxygen atoms in total. The molecule has 7 heteroatoms. The fourth-order valence-corrected chi connectivity index (χ4v) is 3.34. The Morgan fingerprint density at radius 1 is 1.32 bits per heavy atom. The first-order valence-corrected chi connectivity index (χ1v) is 8.86. The van der Waals surface area contributed by atoms with Gasteiger partial charge in [0.1, 0.15) is 17.2 Å². The van der Waals surface area contributed by atoms with E-state index in [0.717, 1.165) is 18.4 Å². The number of thiophene rings is 1. The van der Waals surface area contributed by atoms with Crippen molar-refractivity contribution in [2.75, 3.05) is 6.61 Å². The van der Waals surface area contributed by atoms with Crippen LogP contribution in [0.25, 0.3) is 21.3 Å². The van der Waals surface area contributed by atoms with Gasteiger partial charge in [0.2, 0.25) is 0 Å². The van der Waals surface area contributed by atoms with Crippen LogP contribution in [0.2, 0.25) is 0 Å². The molecule has 0 atom stereocenters. The molecule has 0 bridgehead atoms. The number of fused-ring (bicyclic) bond motifs is 1. The van der Waals surface area contributed by atoms with E-state index in [-0.39, 0.29) is 17.9 Å². The number of rotatable bonds is 6. The molecule has 0 amide bonds. The molecule has 3 rings (SSSR count). The number of carbonyl (C=O) groups excluding carboxylic acids is 1. The molecule has 25 heavy (non-hydrogen) atoms. The molecule has 2 aromatic heterocycles. The third kappa shape index (κ3) is 3.76. The van der Waals surface area contributed by atoms with Crippen molar-refractivity contribution >= 4 is 27.5 Å². The van der Waals surface area contributed by atoms with E-state index in [9.17, 15) is 14.0 Å². The van der Waals surface area contributed by atoms with Gasteiger partial charge in [-0.05, 0) is 24.1 Å². The summed E-state index contributed by atoms with van der Waals surface area (Å²) in [5, 5.41) is 2.25. The molecule has 0 spiro atoms. The van der Waals surface area contributed by atoms with Crippen LogP contribution in [0.4, 0.5) is 4.39 Å². The Labute approximate surface area is 147 Å². The summed E-state index contributed by atoms with van der Waals surface area (Å²) in [5.74, 6) is -0.802. The van der Waals surface area contributed by atoms with Crippen molar-refractivity contribution in [2.24, 2.45) is 0 Å². The normalized spacial score (nSPS) is 11.0. The lowest BCUT2D eigenvalue weighted by Gasteiger charge is -2.07. The SMILES string of the molecule is CCCCOC(=O)Cn1cnc2scc(-c3ccc(F)cc3)c2c1=O. The van der Waals surface area contributed by atoms with Crippen molar-refractivity contribution in [1.82, 2.24) is 9.55 Å². The summed E-state index contributed by atoms with van der Waals surface area (Å²) < 4.78 is 19.5. The minimum Gasteiger partial charge on any atom is -0.464 e. The lowest BCUT2D eigenvalue weighted by atomic mass is 10.1. The molecule has 0 aliphatic rings. The average molecular weight is 360 g/mol. The van der Waals surface area contributed by atoms with Gasteiger partial charge in [0.25, 0.3) is 5.56 Å². The third-order valence-corrected chi connectivity index (χ3v) is 4.66. The van der Waals surface area contributed by atoms with Gasteiger partial charge in [0, 0.05) is 10.9 Å². The molecule has 0 N–H and O–H groups in total. The molecule has 0 saturated heterocycles. The van der Waals surface area contributed by atoms with Gasteiger partial charge < -0.3 is 4.74 Å². The van der Waals surface area contributed by atoms with Gasteiger partial charge in [-0.15, -0.1) is 11.3 Å². The number of unbranched alkanes of at least 4 members (excludes halogenated alkanes) is 1. The zero-order chi connectivity index (χ0) is 17.8. The second-order valence-electron chi connectivity index (χ2n) is 5.59. The first-order chi connectivity index (χ1) is 12.1. The van der Waals surface area contributed by atoms with Crippen molar-refractivity contribution in [2.45, 2.75) is 26.3 Å². The van der Waals surface area contributed by atoms with Crippen LogP contribution in [-0.4, -0.2) is 22.1 Å². The van der Waals surface area contributed by atoms with Gasteiger partial charge in [0.05, 0.1) is 18.3 Å². The average Bonchev–Trinajstić information content (AvgIpc) is 3.03. The van der Waals surface area contributed by atoms with Gasteiger partial charge in [-0.3, -0.25) is 14.2 Å². The van der Waals surface area contributed by atoms with E-state index in [1.165, 1.54) is 34.4 Å². The molecule has 0 fully saturated rings. The molecule has 0 aliphatic heterocycles. The van der Waals surface area contributed by atoms with Crippen LogP contribution in [-0.2, 0) is 16.1 Å². The first-order valence-electron chi connectivity index (χ1n) is 7.98. The maximum atomic E-state index is 13.1. The number of hydrogen-bond donors (Lipinski definition) is 0. The predicted molar refractivity (Wildman–Crippen MR) is 95.1 cm³/mol. The summed E-state index contributed by atoms with van der Waals surface area (Å²) in [7, 11) is 0. The summed E-state index contributed by atoms with van der Waals surface area (Å²) in [4.78, 5) is 29.5. The summed E-state index contributed by atoms with van der Waals surface area (Å²) in [6, 6.07) is 5.93. The van der Waals surface area contributed by atoms with Crippen molar-refractivity contribution < 1.29 is 13.9 Å². The maximum absolute atomic E-state index is 13.1. The molecule has 0 radical (unpaired) electrons. The Bertz CT molecular complexity index is 947. The summed E-state index contributed by atoms with van der Waals surface area (Å²) in [5.41, 5.74) is 1.11. The first kappa shape index (κ1) is 17.3. The maximum Gasteiger partial charge on any atom is 0.326 e. The summed E-state index contributed by atoms with van der Waals surface area (Å²) in [6.45, 7) is 2.17. The fraction of sp³-hybridized carbons (Fsp3) is 0.278. The van der Waals surface area contributed by atoms with Gasteiger partial charge in [-0.2, -0.15) is 0 Å². The number of benzene rings is 1. The second-order valence-corrected chi connectivity index (χ2v) is 6.45. The highest BCUT2D eigenvalue weighted by atomic mass is 32.1. The quantitative estimate of drug-likeness (QED) is 0.498. The Kier molecular flexibility index (Phi) is 5.23. The van der Waals surface area contributed by atoms with Gasteiger partial charge in [0.15, 0.2) is 0 Å². The standard InChI is InChI=1S/C18H17FN2O3S/c1-2-3-8-24-15(22)9-21-11-20-17-16(18(21)23)14(10-25-17)12-4-6-13(19)7-5-12/h4-7,10-11H,2-3,8-9H2,1H3. The van der Waals surface area contributed by atoms with E-state index < -0.39 is 5.97 Å². The Morgan fingerprint density at radius 3 is 2.80 bits per heavy atom. The monoisotopic (exact) mass is 360 g/mol. The second kappa shape index (κ2) is 7.57. The number of carbonyl (C=O) groups is 1. The number of hydrogen-bond acceptors (Lipinski definition) is 5. The highest BCUT2D eigenvalue weighted by Crippen LogP contribution is 2.30. The molecular formula is C18H17FN2O3S. The molecule has 130 valence electrons. The number of ether oxygens (including phenoxy) is 1. The van der Waals surface area contributed by atoms with Crippen LogP contribution in [0.1, 0.15) is 19.8 Å². The zero-order valence-electron chi connectivity index (χ0n) is 13.7. The smallest absolute Gasteiger partial charge is 0.326 e. The van der Waals surface area contributed by atoms with E-state index in [2.05, 4.69) is 4.98 Å². The Balaban J connectivity index is 1.93. The minimum absolute atomic E-state index is 0.176. The van der Waals surface area contributed by atoms with E-state index in [1.54, 1.807) is 12.1 Å². The van der Waals surface area contributed by atoms with Crippen LogP contribution < -0.4 is 5.56 Å². The van der Waals surface area contributed by atoms with E-state index >= 15 is 0 Å². The zero-order valence-corrected chi connectivity index (χ0v) is 14.5. The van der Waals surface area contributed by atoms with Crippen molar-refractivity contribution in [1.29, 1.82) is 0 Å². The van der Waals surface area contributed by atoms with Crippen LogP contribution in [0, 0.1) is 5.82 Å². The van der Waals surface area contributed by atoms with Gasteiger partial charge >= 0.3 is 5.97 Å². The van der Waals surface area contributed by atoms with E-state index in [4.69, 9.17) is 4.74 Å². The van der Waals surface area contributed by atoms with Crippen LogP contribution in [0.5, 0.6) is 0 Å². The van der Waals surface area contributed by atoms with Crippen molar-refractivity contribution in [3.63, 3.8) is 0 Å². The molecule has 0 aliphatic carbocycles. The van der Waals surface area contributed by atoms with E-state index in [1.807, 2.05) is 12.3 Å². The molecule has 2 heterocycles. The van der Waals surface area contributed by atoms with Crippen LogP contribution >= 0.6 is 11.3 Å². The van der Waals surface area contributed by atoms with E-state index in [0.29, 0.717) is 22.4 Å². The van der Waals surface area contributed by atoms with Crippen LogP contribution in [0.3, 0.4) is 0 Å². The lowest BCUT2D eigenvalue weighted by molar-refractivity contribution is -0.144. The molecule has 0 unspecified atom stereocenters. The molecule has 0 saturated carbocycles. The Morgan fingerprint density at radius 2 is 2.08 bits per heavy atom. The van der Waals surface area contributed by atoms with Crippen molar-refractivity contribution in [3.8, 4) is 11.1 Å². The number of nitrogens with zero attached hydrogens (tertiary/aromatic N) is 2. The highest BCUT2D eigenvalue weighted by molar-refractivity contribution is 7.17. The molecule has 1 aromatic carbocycles. The predicted octanol–water partition coefficient (Wildman–Crippen LogP) is 3.61. The Hall–Kier alpha value is -2.54. The highest BCUT2D eigenvalue weighted by Gasteiger charge is 2.15. The molecule has 3 aromatic rings. The lowest BCUT2D eigenvalue weighted by Crippen LogP contribution is -2.25. The van der Waals surface area contributed by atoms with Crippen LogP contribution in [0.15, 0.2) is 40.8 Å². The number of esters is 1. The topological polar surface area (TPSA) is 61.2 Å². The van der Waals surface area contributed by atoms with Gasteiger partial charge in [-0.1, -0.05) is 25.5 Å². The fourth-order valence-electron chi connectivity index (χ4n) is 2.44. The van der Waals surface area contributed by atoms with Crippen molar-refractivity contribution in [3.05, 3.63) is 52.1 Å². The molecular weight excluding hydrogens is 343 g/mol. The largest absolute Gasteiger partial charge is 0.464 e. The summed E-state index contributed by atoms with van der Waals surface area (Å²) in [6.07, 6.45) is 3.07. The number of halogens is 1. The third-order valence-electron chi connectivity index (χ3n) is 3.78. The minimum atomic E-state index is -0.463. The van der Waals surface area contributed by atoms with Gasteiger partial charge in [-0.25, -0.2) is 9.37 Å². The summed E-state index contributed by atoms with van der Waals surface area (Å²) >= 11 is 1.34. The number of aromatic nitrogens is 2.